The van der Waals surface area contributed by atoms with Gasteiger partial charge in [0, 0.05) is 6.42 Å². The number of para-hydroxylation sites is 1. The Hall–Kier alpha value is -2.03. The van der Waals surface area contributed by atoms with Crippen LogP contribution in [0, 0.1) is 0 Å². The van der Waals surface area contributed by atoms with E-state index in [9.17, 15) is 4.79 Å². The molecule has 0 atom stereocenters. The van der Waals surface area contributed by atoms with E-state index in [4.69, 9.17) is 9.47 Å². The fourth-order valence-corrected chi connectivity index (χ4v) is 1.67. The van der Waals surface area contributed by atoms with Crippen molar-refractivity contribution in [2.45, 2.75) is 19.8 Å². The second-order valence-corrected chi connectivity index (χ2v) is 3.99. The van der Waals surface area contributed by atoms with Crippen molar-refractivity contribution in [3.8, 4) is 5.75 Å². The topological polar surface area (TPSA) is 35.5 Å². The van der Waals surface area contributed by atoms with E-state index in [1.807, 2.05) is 43.3 Å². The monoisotopic (exact) mass is 244 g/mol. The van der Waals surface area contributed by atoms with Crippen LogP contribution in [0.1, 0.15) is 19.8 Å². The summed E-state index contributed by atoms with van der Waals surface area (Å²) in [5.41, 5.74) is 0.521. The second-order valence-electron chi connectivity index (χ2n) is 3.99. The first kappa shape index (κ1) is 12.4. The molecule has 1 aromatic carbocycles. The molecule has 0 heterocycles. The van der Waals surface area contributed by atoms with Crippen LogP contribution in [0.4, 0.5) is 0 Å². The molecule has 0 spiro atoms. The Morgan fingerprint density at radius 1 is 1.28 bits per heavy atom. The molecule has 1 aromatic rings. The van der Waals surface area contributed by atoms with Crippen LogP contribution in [-0.4, -0.2) is 12.6 Å². The quantitative estimate of drug-likeness (QED) is 0.746. The minimum Gasteiger partial charge on any atom is -0.462 e. The largest absolute Gasteiger partial charge is 0.462 e. The molecule has 0 N–H and O–H groups in total. The molecule has 0 bridgehead atoms. The summed E-state index contributed by atoms with van der Waals surface area (Å²) in [7, 11) is 0. The highest BCUT2D eigenvalue weighted by Crippen LogP contribution is 2.24. The minimum absolute atomic E-state index is 0.309. The lowest BCUT2D eigenvalue weighted by Gasteiger charge is -2.09. The first-order valence-electron chi connectivity index (χ1n) is 6.11. The van der Waals surface area contributed by atoms with E-state index in [2.05, 4.69) is 0 Å². The molecule has 0 aliphatic heterocycles. The zero-order valence-electron chi connectivity index (χ0n) is 10.4. The van der Waals surface area contributed by atoms with Gasteiger partial charge < -0.3 is 9.47 Å². The van der Waals surface area contributed by atoms with E-state index in [0.29, 0.717) is 24.4 Å². The Balaban J connectivity index is 2.08. The first-order valence-corrected chi connectivity index (χ1v) is 6.11. The molecule has 0 unspecified atom stereocenters. The maximum Gasteiger partial charge on any atom is 0.341 e. The van der Waals surface area contributed by atoms with Crippen LogP contribution >= 0.6 is 0 Å². The molecule has 0 saturated heterocycles. The third-order valence-electron chi connectivity index (χ3n) is 2.53. The Kier molecular flexibility index (Phi) is 4.18. The molecule has 3 nitrogen and oxygen atoms in total. The normalized spacial score (nSPS) is 13.8. The number of allylic oxidation sites excluding steroid dienone is 1. The molecule has 1 aliphatic rings. The maximum atomic E-state index is 11.8. The summed E-state index contributed by atoms with van der Waals surface area (Å²) in [4.78, 5) is 11.8. The van der Waals surface area contributed by atoms with E-state index in [-0.39, 0.29) is 5.97 Å². The van der Waals surface area contributed by atoms with Crippen molar-refractivity contribution in [3.63, 3.8) is 0 Å². The molecule has 18 heavy (non-hydrogen) atoms. The van der Waals surface area contributed by atoms with Crippen LogP contribution in [0.3, 0.4) is 0 Å². The number of esters is 1. The average molecular weight is 244 g/mol. The highest BCUT2D eigenvalue weighted by molar-refractivity contribution is 5.93. The second kappa shape index (κ2) is 6.05. The lowest BCUT2D eigenvalue weighted by atomic mass is 10.2. The SMILES string of the molecule is CCCOC(=O)C1=C(Oc2ccccc2)CC=C1. The predicted molar refractivity (Wildman–Crippen MR) is 69.1 cm³/mol. The van der Waals surface area contributed by atoms with Crippen molar-refractivity contribution >= 4 is 5.97 Å². The van der Waals surface area contributed by atoms with Crippen molar-refractivity contribution in [1.82, 2.24) is 0 Å². The minimum atomic E-state index is -0.309. The van der Waals surface area contributed by atoms with Gasteiger partial charge in [0.2, 0.25) is 0 Å². The molecule has 94 valence electrons. The van der Waals surface area contributed by atoms with E-state index in [1.165, 1.54) is 0 Å². The van der Waals surface area contributed by atoms with Crippen molar-refractivity contribution < 1.29 is 14.3 Å². The lowest BCUT2D eigenvalue weighted by molar-refractivity contribution is -0.138. The van der Waals surface area contributed by atoms with Gasteiger partial charge in [0.1, 0.15) is 11.5 Å². The van der Waals surface area contributed by atoms with Crippen LogP contribution in [0.25, 0.3) is 0 Å². The number of carbonyl (C=O) groups is 1. The summed E-state index contributed by atoms with van der Waals surface area (Å²) in [5, 5.41) is 0. The van der Waals surface area contributed by atoms with E-state index in [0.717, 1.165) is 12.2 Å². The lowest BCUT2D eigenvalue weighted by Crippen LogP contribution is -2.10. The number of hydrogen-bond donors (Lipinski definition) is 0. The van der Waals surface area contributed by atoms with Gasteiger partial charge in [-0.2, -0.15) is 0 Å². The fourth-order valence-electron chi connectivity index (χ4n) is 1.67. The van der Waals surface area contributed by atoms with Crippen LogP contribution in [0.5, 0.6) is 5.75 Å². The van der Waals surface area contributed by atoms with Gasteiger partial charge >= 0.3 is 5.97 Å². The molecular weight excluding hydrogens is 228 g/mol. The van der Waals surface area contributed by atoms with Crippen molar-refractivity contribution in [1.29, 1.82) is 0 Å². The predicted octanol–water partition coefficient (Wildman–Crippen LogP) is 3.23. The standard InChI is InChI=1S/C15H16O3/c1-2-11-17-15(16)13-9-6-10-14(13)18-12-7-4-3-5-8-12/h3-9H,2,10-11H2,1H3. The summed E-state index contributed by atoms with van der Waals surface area (Å²) >= 11 is 0. The molecule has 0 aromatic heterocycles. The highest BCUT2D eigenvalue weighted by atomic mass is 16.5. The smallest absolute Gasteiger partial charge is 0.341 e. The summed E-state index contributed by atoms with van der Waals surface area (Å²) in [5.74, 6) is 1.08. The van der Waals surface area contributed by atoms with Gasteiger partial charge in [0.25, 0.3) is 0 Å². The number of rotatable bonds is 5. The molecule has 0 fully saturated rings. The molecule has 0 saturated carbocycles. The van der Waals surface area contributed by atoms with Gasteiger partial charge in [-0.25, -0.2) is 4.79 Å². The molecular formula is C15H16O3. The van der Waals surface area contributed by atoms with Gasteiger partial charge in [-0.05, 0) is 24.6 Å². The van der Waals surface area contributed by atoms with E-state index in [1.54, 1.807) is 6.08 Å². The summed E-state index contributed by atoms with van der Waals surface area (Å²) < 4.78 is 10.8. The first-order chi connectivity index (χ1) is 8.81. The number of hydrogen-bond acceptors (Lipinski definition) is 3. The fraction of sp³-hybridized carbons (Fsp3) is 0.267. The van der Waals surface area contributed by atoms with E-state index >= 15 is 0 Å². The summed E-state index contributed by atoms with van der Waals surface area (Å²) in [6.07, 6.45) is 5.11. The number of benzene rings is 1. The van der Waals surface area contributed by atoms with Crippen molar-refractivity contribution in [3.05, 3.63) is 53.8 Å². The van der Waals surface area contributed by atoms with Gasteiger partial charge in [-0.15, -0.1) is 0 Å². The molecule has 1 aliphatic carbocycles. The molecule has 0 amide bonds. The number of ether oxygens (including phenoxy) is 2. The van der Waals surface area contributed by atoms with Crippen molar-refractivity contribution in [2.75, 3.05) is 6.61 Å². The van der Waals surface area contributed by atoms with Crippen LogP contribution in [0.2, 0.25) is 0 Å². The average Bonchev–Trinajstić information content (AvgIpc) is 2.85. The Morgan fingerprint density at radius 3 is 2.78 bits per heavy atom. The van der Waals surface area contributed by atoms with Gasteiger partial charge in [-0.3, -0.25) is 0 Å². The van der Waals surface area contributed by atoms with E-state index < -0.39 is 0 Å². The molecule has 3 heteroatoms. The van der Waals surface area contributed by atoms with Gasteiger partial charge in [0.05, 0.1) is 12.2 Å². The van der Waals surface area contributed by atoms with Gasteiger partial charge in [0.15, 0.2) is 0 Å². The maximum absolute atomic E-state index is 11.8. The third-order valence-corrected chi connectivity index (χ3v) is 2.53. The molecule has 0 radical (unpaired) electrons. The Morgan fingerprint density at radius 2 is 2.06 bits per heavy atom. The van der Waals surface area contributed by atoms with Gasteiger partial charge in [-0.1, -0.05) is 31.2 Å². The molecule has 2 rings (SSSR count). The summed E-state index contributed by atoms with van der Waals surface area (Å²) in [6, 6.07) is 9.44. The number of carbonyl (C=O) groups excluding carboxylic acids is 1. The van der Waals surface area contributed by atoms with Crippen LogP contribution in [-0.2, 0) is 9.53 Å². The third kappa shape index (κ3) is 3.00. The van der Waals surface area contributed by atoms with Crippen LogP contribution < -0.4 is 4.74 Å². The highest BCUT2D eigenvalue weighted by Gasteiger charge is 2.19. The van der Waals surface area contributed by atoms with Crippen molar-refractivity contribution in [2.24, 2.45) is 0 Å². The zero-order chi connectivity index (χ0) is 12.8. The van der Waals surface area contributed by atoms with Crippen LogP contribution in [0.15, 0.2) is 53.8 Å². The summed E-state index contributed by atoms with van der Waals surface area (Å²) in [6.45, 7) is 2.41. The zero-order valence-corrected chi connectivity index (χ0v) is 10.4. The Labute approximate surface area is 107 Å². The Bertz CT molecular complexity index is 472.